The molecule has 2 N–H and O–H groups in total. The van der Waals surface area contributed by atoms with Crippen molar-refractivity contribution < 1.29 is 8.42 Å². The van der Waals surface area contributed by atoms with Crippen molar-refractivity contribution in [2.75, 3.05) is 20.1 Å². The smallest absolute Gasteiger partial charge is 0.257 e. The zero-order valence-corrected chi connectivity index (χ0v) is 10.00. The summed E-state index contributed by atoms with van der Waals surface area (Å²) in [5.41, 5.74) is 0. The molecule has 90 valence electrons. The van der Waals surface area contributed by atoms with Crippen LogP contribution in [-0.2, 0) is 10.0 Å². The van der Waals surface area contributed by atoms with Crippen molar-refractivity contribution in [3.63, 3.8) is 0 Å². The highest BCUT2D eigenvalue weighted by molar-refractivity contribution is 7.89. The van der Waals surface area contributed by atoms with Crippen molar-refractivity contribution in [3.8, 4) is 0 Å². The summed E-state index contributed by atoms with van der Waals surface area (Å²) >= 11 is 0. The van der Waals surface area contributed by atoms with Crippen LogP contribution in [0.1, 0.15) is 12.8 Å². The topological polar surface area (TPSA) is 78.1 Å². The maximum Gasteiger partial charge on any atom is 0.257 e. The Morgan fingerprint density at radius 3 is 2.75 bits per heavy atom. The van der Waals surface area contributed by atoms with Crippen LogP contribution in [0.4, 0.5) is 0 Å². The minimum absolute atomic E-state index is 0.0319. The van der Waals surface area contributed by atoms with E-state index in [9.17, 15) is 8.42 Å². The lowest BCUT2D eigenvalue weighted by atomic mass is 10.1. The van der Waals surface area contributed by atoms with Crippen molar-refractivity contribution in [3.05, 3.63) is 12.5 Å². The Hall–Kier alpha value is -0.920. The van der Waals surface area contributed by atoms with E-state index in [1.807, 2.05) is 7.05 Å². The van der Waals surface area contributed by atoms with Crippen molar-refractivity contribution in [2.24, 2.45) is 0 Å². The van der Waals surface area contributed by atoms with Gasteiger partial charge < -0.3 is 9.88 Å². The van der Waals surface area contributed by atoms with Gasteiger partial charge in [-0.25, -0.2) is 18.1 Å². The molecule has 6 nitrogen and oxygen atoms in total. The average molecular weight is 244 g/mol. The molecule has 1 aliphatic rings. The second-order valence-electron chi connectivity index (χ2n) is 4.11. The van der Waals surface area contributed by atoms with E-state index in [-0.39, 0.29) is 11.1 Å². The van der Waals surface area contributed by atoms with Crippen LogP contribution in [0.3, 0.4) is 0 Å². The summed E-state index contributed by atoms with van der Waals surface area (Å²) < 4.78 is 26.4. The molecule has 1 aromatic rings. The zero-order chi connectivity index (χ0) is 11.6. The van der Waals surface area contributed by atoms with Crippen LogP contribution in [0.5, 0.6) is 0 Å². The normalized spacial score (nSPS) is 20.1. The number of aromatic nitrogens is 2. The highest BCUT2D eigenvalue weighted by Gasteiger charge is 2.23. The van der Waals surface area contributed by atoms with Crippen LogP contribution in [0.25, 0.3) is 0 Å². The molecule has 16 heavy (non-hydrogen) atoms. The summed E-state index contributed by atoms with van der Waals surface area (Å²) in [6.07, 6.45) is 4.38. The third-order valence-corrected chi connectivity index (χ3v) is 4.25. The molecule has 0 bridgehead atoms. The van der Waals surface area contributed by atoms with E-state index in [4.69, 9.17) is 0 Å². The lowest BCUT2D eigenvalue weighted by Crippen LogP contribution is -2.43. The molecule has 0 aromatic carbocycles. The number of nitrogens with one attached hydrogen (secondary N) is 2. The van der Waals surface area contributed by atoms with Crippen LogP contribution in [0, 0.1) is 0 Å². The minimum Gasteiger partial charge on any atom is -0.335 e. The standard InChI is InChI=1S/C9H16N4O2S/c1-13-4-2-8(3-5-13)12-16(14,15)9-6-10-7-11-9/h6-8,12H,2-5H2,1H3,(H,10,11). The molecular formula is C9H16N4O2S. The molecule has 2 rings (SSSR count). The number of H-pyrrole nitrogens is 1. The fraction of sp³-hybridized carbons (Fsp3) is 0.667. The van der Waals surface area contributed by atoms with Gasteiger partial charge in [0.2, 0.25) is 0 Å². The Balaban J connectivity index is 2.00. The van der Waals surface area contributed by atoms with E-state index in [1.54, 1.807) is 0 Å². The van der Waals surface area contributed by atoms with E-state index in [0.717, 1.165) is 25.9 Å². The van der Waals surface area contributed by atoms with Crippen LogP contribution >= 0.6 is 0 Å². The quantitative estimate of drug-likeness (QED) is 0.770. The molecule has 1 fully saturated rings. The molecule has 0 aliphatic carbocycles. The van der Waals surface area contributed by atoms with Gasteiger partial charge in [-0.1, -0.05) is 0 Å². The van der Waals surface area contributed by atoms with E-state index >= 15 is 0 Å². The molecule has 1 aliphatic heterocycles. The van der Waals surface area contributed by atoms with Crippen molar-refractivity contribution in [1.29, 1.82) is 0 Å². The van der Waals surface area contributed by atoms with Crippen LogP contribution in [0.2, 0.25) is 0 Å². The third kappa shape index (κ3) is 2.60. The van der Waals surface area contributed by atoms with E-state index < -0.39 is 10.0 Å². The van der Waals surface area contributed by atoms with Gasteiger partial charge in [0.25, 0.3) is 10.0 Å². The van der Waals surface area contributed by atoms with Gasteiger partial charge in [0.05, 0.1) is 12.5 Å². The van der Waals surface area contributed by atoms with Gasteiger partial charge in [0.15, 0.2) is 5.03 Å². The number of piperidine rings is 1. The average Bonchev–Trinajstić information content (AvgIpc) is 2.75. The Kier molecular flexibility index (Phi) is 3.27. The van der Waals surface area contributed by atoms with Crippen molar-refractivity contribution >= 4 is 10.0 Å². The lowest BCUT2D eigenvalue weighted by Gasteiger charge is -2.28. The molecule has 0 unspecified atom stereocenters. The summed E-state index contributed by atoms with van der Waals surface area (Å²) in [5.74, 6) is 0. The van der Waals surface area contributed by atoms with Gasteiger partial charge >= 0.3 is 0 Å². The molecule has 2 heterocycles. The minimum atomic E-state index is -3.42. The molecular weight excluding hydrogens is 228 g/mol. The molecule has 0 spiro atoms. The van der Waals surface area contributed by atoms with Gasteiger partial charge in [-0.2, -0.15) is 0 Å². The van der Waals surface area contributed by atoms with Crippen molar-refractivity contribution in [2.45, 2.75) is 23.9 Å². The molecule has 0 amide bonds. The summed E-state index contributed by atoms with van der Waals surface area (Å²) in [6.45, 7) is 1.85. The van der Waals surface area contributed by atoms with Gasteiger partial charge in [0.1, 0.15) is 0 Å². The lowest BCUT2D eigenvalue weighted by molar-refractivity contribution is 0.248. The Morgan fingerprint density at radius 1 is 1.50 bits per heavy atom. The van der Waals surface area contributed by atoms with E-state index in [1.165, 1.54) is 12.5 Å². The van der Waals surface area contributed by atoms with Crippen LogP contribution in [0.15, 0.2) is 17.6 Å². The summed E-state index contributed by atoms with van der Waals surface area (Å²) in [5, 5.41) is 0.131. The first-order valence-corrected chi connectivity index (χ1v) is 6.75. The first-order valence-electron chi connectivity index (χ1n) is 5.27. The SMILES string of the molecule is CN1CCC(NS(=O)(=O)c2cnc[nH]2)CC1. The third-order valence-electron chi connectivity index (χ3n) is 2.80. The van der Waals surface area contributed by atoms with Crippen LogP contribution in [-0.4, -0.2) is 49.5 Å². The predicted molar refractivity (Wildman–Crippen MR) is 59.4 cm³/mol. The Labute approximate surface area is 95.1 Å². The largest absolute Gasteiger partial charge is 0.335 e. The Morgan fingerprint density at radius 2 is 2.19 bits per heavy atom. The van der Waals surface area contributed by atoms with Gasteiger partial charge in [0, 0.05) is 6.04 Å². The number of imidazole rings is 1. The second kappa shape index (κ2) is 4.52. The van der Waals surface area contributed by atoms with Crippen LogP contribution < -0.4 is 4.72 Å². The van der Waals surface area contributed by atoms with E-state index in [2.05, 4.69) is 19.6 Å². The maximum atomic E-state index is 11.8. The highest BCUT2D eigenvalue weighted by Crippen LogP contribution is 2.12. The maximum absolute atomic E-state index is 11.8. The predicted octanol–water partition coefficient (Wildman–Crippen LogP) is -0.218. The number of hydrogen-bond acceptors (Lipinski definition) is 4. The van der Waals surface area contributed by atoms with Crippen molar-refractivity contribution in [1.82, 2.24) is 19.6 Å². The monoisotopic (exact) mass is 244 g/mol. The highest BCUT2D eigenvalue weighted by atomic mass is 32.2. The first kappa shape index (κ1) is 11.6. The first-order chi connectivity index (χ1) is 7.58. The van der Waals surface area contributed by atoms with Gasteiger partial charge in [-0.15, -0.1) is 0 Å². The summed E-state index contributed by atoms with van der Waals surface area (Å²) in [7, 11) is -1.38. The zero-order valence-electron chi connectivity index (χ0n) is 9.18. The summed E-state index contributed by atoms with van der Waals surface area (Å²) in [6, 6.07) is 0.0319. The fourth-order valence-corrected chi connectivity index (χ4v) is 3.01. The van der Waals surface area contributed by atoms with Gasteiger partial charge in [-0.05, 0) is 33.0 Å². The number of aromatic amines is 1. The Bertz CT molecular complexity index is 420. The molecule has 0 saturated carbocycles. The van der Waals surface area contributed by atoms with E-state index in [0.29, 0.717) is 0 Å². The number of rotatable bonds is 3. The molecule has 1 saturated heterocycles. The number of nitrogens with zero attached hydrogens (tertiary/aromatic N) is 2. The van der Waals surface area contributed by atoms with Gasteiger partial charge in [-0.3, -0.25) is 0 Å². The number of sulfonamides is 1. The number of likely N-dealkylation sites (tertiary alicyclic amines) is 1. The number of hydrogen-bond donors (Lipinski definition) is 2. The molecule has 0 radical (unpaired) electrons. The second-order valence-corrected chi connectivity index (χ2v) is 5.80. The molecule has 0 atom stereocenters. The molecule has 7 heteroatoms. The summed E-state index contributed by atoms with van der Waals surface area (Å²) in [4.78, 5) is 8.51. The fourth-order valence-electron chi connectivity index (χ4n) is 1.80. The molecule has 1 aromatic heterocycles.